The van der Waals surface area contributed by atoms with Crippen molar-refractivity contribution >= 4 is 5.82 Å². The van der Waals surface area contributed by atoms with E-state index in [0.29, 0.717) is 17.3 Å². The van der Waals surface area contributed by atoms with Gasteiger partial charge in [0.1, 0.15) is 17.4 Å². The Morgan fingerprint density at radius 2 is 1.93 bits per heavy atom. The van der Waals surface area contributed by atoms with Gasteiger partial charge in [0.2, 0.25) is 0 Å². The second-order valence-electron chi connectivity index (χ2n) is 7.31. The number of phenols is 1. The SMILES string of the molecule is Cc1ccc(O)c(-c2cc(-c3cccc(F)c3)cc(N3CCCC3C)n2)c1. The third-order valence-electron chi connectivity index (χ3n) is 5.25. The number of pyridine rings is 1. The molecule has 0 aliphatic carbocycles. The first-order valence-corrected chi connectivity index (χ1v) is 9.36. The number of anilines is 1. The van der Waals surface area contributed by atoms with Crippen LogP contribution in [0.15, 0.2) is 54.6 Å². The minimum atomic E-state index is -0.264. The highest BCUT2D eigenvalue weighted by atomic mass is 19.1. The van der Waals surface area contributed by atoms with Crippen molar-refractivity contribution in [2.75, 3.05) is 11.4 Å². The van der Waals surface area contributed by atoms with Crippen molar-refractivity contribution in [3.8, 4) is 28.1 Å². The summed E-state index contributed by atoms with van der Waals surface area (Å²) in [6.45, 7) is 5.15. The van der Waals surface area contributed by atoms with Crippen LogP contribution in [-0.4, -0.2) is 22.7 Å². The lowest BCUT2D eigenvalue weighted by atomic mass is 10.0. The summed E-state index contributed by atoms with van der Waals surface area (Å²) in [5, 5.41) is 10.4. The molecule has 1 N–H and O–H groups in total. The molecule has 3 nitrogen and oxygen atoms in total. The minimum Gasteiger partial charge on any atom is -0.507 e. The molecule has 2 aromatic carbocycles. The summed E-state index contributed by atoms with van der Waals surface area (Å²) < 4.78 is 13.8. The highest BCUT2D eigenvalue weighted by molar-refractivity contribution is 5.77. The zero-order valence-corrected chi connectivity index (χ0v) is 15.6. The van der Waals surface area contributed by atoms with E-state index in [4.69, 9.17) is 4.98 Å². The Bertz CT molecular complexity index is 986. The van der Waals surface area contributed by atoms with Crippen LogP contribution in [0.4, 0.5) is 10.2 Å². The maximum absolute atomic E-state index is 13.8. The van der Waals surface area contributed by atoms with Gasteiger partial charge in [-0.1, -0.05) is 23.8 Å². The molecule has 0 saturated carbocycles. The van der Waals surface area contributed by atoms with Crippen LogP contribution in [0, 0.1) is 12.7 Å². The van der Waals surface area contributed by atoms with Crippen molar-refractivity contribution in [3.63, 3.8) is 0 Å². The molecule has 4 rings (SSSR count). The van der Waals surface area contributed by atoms with Gasteiger partial charge in [-0.15, -0.1) is 0 Å². The number of phenolic OH excluding ortho intramolecular Hbond substituents is 1. The zero-order valence-electron chi connectivity index (χ0n) is 15.6. The van der Waals surface area contributed by atoms with Gasteiger partial charge in [-0.25, -0.2) is 9.37 Å². The lowest BCUT2D eigenvalue weighted by molar-refractivity contribution is 0.477. The predicted molar refractivity (Wildman–Crippen MR) is 108 cm³/mol. The summed E-state index contributed by atoms with van der Waals surface area (Å²) >= 11 is 0. The molecule has 4 heteroatoms. The van der Waals surface area contributed by atoms with Crippen molar-refractivity contribution in [2.45, 2.75) is 32.7 Å². The molecule has 2 heterocycles. The van der Waals surface area contributed by atoms with Crippen LogP contribution in [0.5, 0.6) is 5.75 Å². The largest absolute Gasteiger partial charge is 0.507 e. The topological polar surface area (TPSA) is 36.4 Å². The van der Waals surface area contributed by atoms with Crippen LogP contribution in [0.1, 0.15) is 25.3 Å². The monoisotopic (exact) mass is 362 g/mol. The first-order chi connectivity index (χ1) is 13.0. The van der Waals surface area contributed by atoms with Crippen LogP contribution in [0.3, 0.4) is 0 Å². The van der Waals surface area contributed by atoms with Gasteiger partial charge in [-0.3, -0.25) is 0 Å². The van der Waals surface area contributed by atoms with Crippen LogP contribution in [0.2, 0.25) is 0 Å². The lowest BCUT2D eigenvalue weighted by Gasteiger charge is -2.24. The molecule has 3 aromatic rings. The number of aromatic hydroxyl groups is 1. The molecular formula is C23H23FN2O. The Labute approximate surface area is 159 Å². The molecular weight excluding hydrogens is 339 g/mol. The Kier molecular flexibility index (Phi) is 4.56. The molecule has 1 aliphatic rings. The van der Waals surface area contributed by atoms with E-state index in [2.05, 4.69) is 11.8 Å². The molecule has 1 unspecified atom stereocenters. The number of aromatic nitrogens is 1. The molecule has 1 aromatic heterocycles. The highest BCUT2D eigenvalue weighted by Gasteiger charge is 2.23. The zero-order chi connectivity index (χ0) is 19.0. The fourth-order valence-electron chi connectivity index (χ4n) is 3.76. The van der Waals surface area contributed by atoms with Crippen molar-refractivity contribution in [1.29, 1.82) is 0 Å². The van der Waals surface area contributed by atoms with Crippen LogP contribution >= 0.6 is 0 Å². The van der Waals surface area contributed by atoms with Crippen LogP contribution < -0.4 is 4.90 Å². The summed E-state index contributed by atoms with van der Waals surface area (Å²) in [5.74, 6) is 0.808. The maximum Gasteiger partial charge on any atom is 0.130 e. The summed E-state index contributed by atoms with van der Waals surface area (Å²) in [7, 11) is 0. The number of hydrogen-bond acceptors (Lipinski definition) is 3. The van der Waals surface area contributed by atoms with Crippen molar-refractivity contribution in [2.24, 2.45) is 0 Å². The molecule has 1 atom stereocenters. The summed E-state index contributed by atoms with van der Waals surface area (Å²) in [6, 6.07) is 16.5. The van der Waals surface area contributed by atoms with E-state index in [9.17, 15) is 9.50 Å². The molecule has 0 amide bonds. The first-order valence-electron chi connectivity index (χ1n) is 9.36. The highest BCUT2D eigenvalue weighted by Crippen LogP contribution is 2.35. The van der Waals surface area contributed by atoms with Crippen LogP contribution in [-0.2, 0) is 0 Å². The molecule has 0 radical (unpaired) electrons. The van der Waals surface area contributed by atoms with Gasteiger partial charge in [-0.2, -0.15) is 0 Å². The fraction of sp³-hybridized carbons (Fsp3) is 0.261. The maximum atomic E-state index is 13.8. The van der Waals surface area contributed by atoms with E-state index in [1.807, 2.05) is 37.3 Å². The van der Waals surface area contributed by atoms with E-state index in [1.54, 1.807) is 12.1 Å². The number of halogens is 1. The minimum absolute atomic E-state index is 0.199. The number of hydrogen-bond donors (Lipinski definition) is 1. The Hall–Kier alpha value is -2.88. The quantitative estimate of drug-likeness (QED) is 0.663. The number of aryl methyl sites for hydroxylation is 1. The number of rotatable bonds is 3. The van der Waals surface area contributed by atoms with E-state index in [-0.39, 0.29) is 11.6 Å². The van der Waals surface area contributed by atoms with Crippen LogP contribution in [0.25, 0.3) is 22.4 Å². The van der Waals surface area contributed by atoms with E-state index >= 15 is 0 Å². The van der Waals surface area contributed by atoms with Gasteiger partial charge in [0.05, 0.1) is 5.69 Å². The Morgan fingerprint density at radius 3 is 2.67 bits per heavy atom. The van der Waals surface area contributed by atoms with Crippen molar-refractivity contribution < 1.29 is 9.50 Å². The molecule has 0 spiro atoms. The second-order valence-corrected chi connectivity index (χ2v) is 7.31. The van der Waals surface area contributed by atoms with Gasteiger partial charge in [0.25, 0.3) is 0 Å². The van der Waals surface area contributed by atoms with E-state index < -0.39 is 0 Å². The molecule has 138 valence electrons. The predicted octanol–water partition coefficient (Wildman–Crippen LogP) is 5.56. The smallest absolute Gasteiger partial charge is 0.130 e. The molecule has 1 aliphatic heterocycles. The summed E-state index contributed by atoms with van der Waals surface area (Å²) in [4.78, 5) is 7.15. The average molecular weight is 362 g/mol. The van der Waals surface area contributed by atoms with Gasteiger partial charge in [0, 0.05) is 18.2 Å². The van der Waals surface area contributed by atoms with Gasteiger partial charge < -0.3 is 10.0 Å². The standard InChI is InChI=1S/C23H23FN2O/c1-15-8-9-22(27)20(11-15)21-13-18(17-6-3-7-19(24)12-17)14-23(25-21)26-10-4-5-16(26)2/h3,6-9,11-14,16,27H,4-5,10H2,1-2H3. The van der Waals surface area contributed by atoms with Crippen molar-refractivity contribution in [3.05, 3.63) is 66.0 Å². The Balaban J connectivity index is 1.90. The molecule has 27 heavy (non-hydrogen) atoms. The number of nitrogens with zero attached hydrogens (tertiary/aromatic N) is 2. The van der Waals surface area contributed by atoms with Gasteiger partial charge in [-0.05, 0) is 74.2 Å². The molecule has 0 bridgehead atoms. The molecule has 1 fully saturated rings. The van der Waals surface area contributed by atoms with Gasteiger partial charge >= 0.3 is 0 Å². The van der Waals surface area contributed by atoms with Gasteiger partial charge in [0.15, 0.2) is 0 Å². The average Bonchev–Trinajstić information content (AvgIpc) is 3.09. The van der Waals surface area contributed by atoms with E-state index in [1.165, 1.54) is 12.1 Å². The normalized spacial score (nSPS) is 16.7. The summed E-state index contributed by atoms with van der Waals surface area (Å²) in [6.07, 6.45) is 2.27. The Morgan fingerprint density at radius 1 is 1.07 bits per heavy atom. The second kappa shape index (κ2) is 7.03. The third kappa shape index (κ3) is 3.52. The number of benzene rings is 2. The lowest BCUT2D eigenvalue weighted by Crippen LogP contribution is -2.27. The summed E-state index contributed by atoms with van der Waals surface area (Å²) in [5.41, 5.74) is 4.15. The molecule has 1 saturated heterocycles. The third-order valence-corrected chi connectivity index (χ3v) is 5.25. The van der Waals surface area contributed by atoms with Crippen molar-refractivity contribution in [1.82, 2.24) is 4.98 Å². The fourth-order valence-corrected chi connectivity index (χ4v) is 3.76. The first kappa shape index (κ1) is 17.5. The van der Waals surface area contributed by atoms with E-state index in [0.717, 1.165) is 41.9 Å².